The number of hydrogen-bond donors (Lipinski definition) is 1. The molecule has 1 aromatic carbocycles. The molecule has 0 saturated carbocycles. The molecule has 9 heteroatoms. The lowest BCUT2D eigenvalue weighted by molar-refractivity contribution is -0.132. The molecule has 1 saturated heterocycles. The number of methoxy groups -OCH3 is 2. The van der Waals surface area contributed by atoms with Crippen LogP contribution in [0.1, 0.15) is 26.2 Å². The van der Waals surface area contributed by atoms with Gasteiger partial charge in [-0.3, -0.25) is 4.79 Å². The van der Waals surface area contributed by atoms with Gasteiger partial charge in [0.05, 0.1) is 24.9 Å². The van der Waals surface area contributed by atoms with E-state index < -0.39 is 9.84 Å². The second kappa shape index (κ2) is 10.7. The number of carbonyl (C=O) groups is 1. The summed E-state index contributed by atoms with van der Waals surface area (Å²) in [6.07, 6.45) is 1.74. The molecule has 154 valence electrons. The number of nitrogens with zero attached hydrogens (tertiary/aromatic N) is 1. The first-order valence-corrected chi connectivity index (χ1v) is 10.5. The van der Waals surface area contributed by atoms with E-state index in [0.29, 0.717) is 18.0 Å². The molecule has 1 N–H and O–H groups in total. The van der Waals surface area contributed by atoms with E-state index in [-0.39, 0.29) is 41.4 Å². The fraction of sp³-hybridized carbons (Fsp3) is 0.611. The first kappa shape index (κ1) is 23.5. The number of halogens is 1. The highest BCUT2D eigenvalue weighted by molar-refractivity contribution is 7.91. The number of hydrogen-bond acceptors (Lipinski definition) is 6. The molecule has 0 radical (unpaired) electrons. The Morgan fingerprint density at radius 1 is 1.26 bits per heavy atom. The molecule has 0 bridgehead atoms. The highest BCUT2D eigenvalue weighted by Crippen LogP contribution is 2.30. The summed E-state index contributed by atoms with van der Waals surface area (Å²) in [5.41, 5.74) is 0. The number of amides is 1. The lowest BCUT2D eigenvalue weighted by atomic mass is 10.2. The van der Waals surface area contributed by atoms with Crippen LogP contribution in [-0.2, 0) is 14.6 Å². The van der Waals surface area contributed by atoms with Crippen molar-refractivity contribution in [2.45, 2.75) is 37.1 Å². The predicted molar refractivity (Wildman–Crippen MR) is 107 cm³/mol. The van der Waals surface area contributed by atoms with Gasteiger partial charge in [0.25, 0.3) is 0 Å². The van der Waals surface area contributed by atoms with Crippen LogP contribution in [0.15, 0.2) is 23.1 Å². The summed E-state index contributed by atoms with van der Waals surface area (Å²) < 4.78 is 35.5. The van der Waals surface area contributed by atoms with E-state index in [0.717, 1.165) is 25.9 Å². The molecule has 1 amide bonds. The molecule has 27 heavy (non-hydrogen) atoms. The molecule has 1 aliphatic rings. The molecule has 1 fully saturated rings. The summed E-state index contributed by atoms with van der Waals surface area (Å²) in [6, 6.07) is 4.63. The van der Waals surface area contributed by atoms with Gasteiger partial charge in [-0.25, -0.2) is 8.42 Å². The van der Waals surface area contributed by atoms with E-state index in [1.165, 1.54) is 26.4 Å². The Bertz CT molecular complexity index is 720. The van der Waals surface area contributed by atoms with Crippen molar-refractivity contribution in [1.82, 2.24) is 10.2 Å². The minimum absolute atomic E-state index is 0. The number of rotatable bonds is 9. The van der Waals surface area contributed by atoms with Crippen LogP contribution >= 0.6 is 12.4 Å². The fourth-order valence-corrected chi connectivity index (χ4v) is 4.39. The maximum Gasteiger partial charge on any atom is 0.223 e. The molecule has 1 aliphatic heterocycles. The van der Waals surface area contributed by atoms with Crippen molar-refractivity contribution in [3.8, 4) is 11.5 Å². The van der Waals surface area contributed by atoms with Crippen LogP contribution in [0.3, 0.4) is 0 Å². The van der Waals surface area contributed by atoms with Crippen LogP contribution in [0.2, 0.25) is 0 Å². The number of benzene rings is 1. The van der Waals surface area contributed by atoms with Crippen LogP contribution in [-0.4, -0.2) is 64.9 Å². The Balaban J connectivity index is 0.00000364. The number of carbonyl (C=O) groups excluding carboxylic acids is 1. The maximum absolute atomic E-state index is 12.6. The van der Waals surface area contributed by atoms with Crippen LogP contribution in [0.25, 0.3) is 0 Å². The van der Waals surface area contributed by atoms with E-state index in [1.807, 2.05) is 11.8 Å². The Morgan fingerprint density at radius 2 is 1.96 bits per heavy atom. The first-order chi connectivity index (χ1) is 12.4. The van der Waals surface area contributed by atoms with E-state index in [9.17, 15) is 13.2 Å². The third kappa shape index (κ3) is 5.99. The highest BCUT2D eigenvalue weighted by Gasteiger charge is 2.27. The summed E-state index contributed by atoms with van der Waals surface area (Å²) in [5, 5.41) is 3.25. The molecule has 1 atom stereocenters. The monoisotopic (exact) mass is 420 g/mol. The second-order valence-electron chi connectivity index (χ2n) is 6.32. The first-order valence-electron chi connectivity index (χ1n) is 8.88. The van der Waals surface area contributed by atoms with Crippen LogP contribution in [0, 0.1) is 0 Å². The van der Waals surface area contributed by atoms with E-state index in [2.05, 4.69) is 5.32 Å². The molecule has 0 aliphatic carbocycles. The number of ether oxygens (including phenoxy) is 2. The average molecular weight is 421 g/mol. The molecule has 1 aromatic rings. The van der Waals surface area contributed by atoms with Gasteiger partial charge in [0.15, 0.2) is 21.3 Å². The smallest absolute Gasteiger partial charge is 0.223 e. The summed E-state index contributed by atoms with van der Waals surface area (Å²) in [5.74, 6) is 0.487. The van der Waals surface area contributed by atoms with Crippen molar-refractivity contribution in [3.63, 3.8) is 0 Å². The van der Waals surface area contributed by atoms with Gasteiger partial charge in [-0.05, 0) is 31.5 Å². The molecule has 0 spiro atoms. The fourth-order valence-electron chi connectivity index (χ4n) is 3.15. The lowest BCUT2D eigenvalue weighted by Gasteiger charge is -2.28. The van der Waals surface area contributed by atoms with E-state index in [4.69, 9.17) is 9.47 Å². The minimum Gasteiger partial charge on any atom is -0.493 e. The Kier molecular flexibility index (Phi) is 9.35. The zero-order chi connectivity index (χ0) is 19.2. The van der Waals surface area contributed by atoms with Crippen molar-refractivity contribution >= 4 is 28.2 Å². The lowest BCUT2D eigenvalue weighted by Crippen LogP contribution is -2.42. The number of sulfone groups is 1. The van der Waals surface area contributed by atoms with Crippen molar-refractivity contribution in [2.75, 3.05) is 39.6 Å². The van der Waals surface area contributed by atoms with E-state index in [1.54, 1.807) is 6.07 Å². The predicted octanol–water partition coefficient (Wildman–Crippen LogP) is 1.89. The van der Waals surface area contributed by atoms with Gasteiger partial charge in [-0.2, -0.15) is 0 Å². The molecule has 1 unspecified atom stereocenters. The zero-order valence-electron chi connectivity index (χ0n) is 16.1. The summed E-state index contributed by atoms with van der Waals surface area (Å²) in [4.78, 5) is 14.6. The molecular weight excluding hydrogens is 392 g/mol. The maximum atomic E-state index is 12.6. The molecule has 0 aromatic heterocycles. The van der Waals surface area contributed by atoms with Gasteiger partial charge >= 0.3 is 0 Å². The summed E-state index contributed by atoms with van der Waals surface area (Å²) in [6.45, 7) is 4.33. The van der Waals surface area contributed by atoms with Gasteiger partial charge in [0.2, 0.25) is 5.91 Å². The number of nitrogens with one attached hydrogen (secondary N) is 1. The van der Waals surface area contributed by atoms with Gasteiger partial charge in [-0.1, -0.05) is 6.92 Å². The van der Waals surface area contributed by atoms with Crippen LogP contribution < -0.4 is 14.8 Å². The quantitative estimate of drug-likeness (QED) is 0.656. The molecule has 2 rings (SSSR count). The van der Waals surface area contributed by atoms with Gasteiger partial charge < -0.3 is 19.7 Å². The van der Waals surface area contributed by atoms with Gasteiger partial charge in [0.1, 0.15) is 0 Å². The van der Waals surface area contributed by atoms with Crippen molar-refractivity contribution < 1.29 is 22.7 Å². The van der Waals surface area contributed by atoms with Crippen molar-refractivity contribution in [2.24, 2.45) is 0 Å². The highest BCUT2D eigenvalue weighted by atomic mass is 35.5. The Labute approximate surface area is 167 Å². The normalized spacial score (nSPS) is 16.5. The zero-order valence-corrected chi connectivity index (χ0v) is 17.7. The van der Waals surface area contributed by atoms with Crippen molar-refractivity contribution in [3.05, 3.63) is 18.2 Å². The van der Waals surface area contributed by atoms with Crippen LogP contribution in [0.4, 0.5) is 0 Å². The minimum atomic E-state index is -3.58. The van der Waals surface area contributed by atoms with Crippen LogP contribution in [0.5, 0.6) is 11.5 Å². The van der Waals surface area contributed by atoms with E-state index >= 15 is 0 Å². The molecule has 7 nitrogen and oxygen atoms in total. The third-order valence-corrected chi connectivity index (χ3v) is 6.27. The molecule has 1 heterocycles. The Hall–Kier alpha value is -1.51. The largest absolute Gasteiger partial charge is 0.493 e. The van der Waals surface area contributed by atoms with Gasteiger partial charge in [-0.15, -0.1) is 12.4 Å². The molecular formula is C18H29ClN2O5S. The Morgan fingerprint density at radius 3 is 2.52 bits per heavy atom. The SMILES string of the molecule is CCCN(C(=O)CCS(=O)(=O)c1ccc(OC)c(OC)c1)C1CCNC1.Cl. The van der Waals surface area contributed by atoms with Crippen molar-refractivity contribution in [1.29, 1.82) is 0 Å². The van der Waals surface area contributed by atoms with Gasteiger partial charge in [0, 0.05) is 31.6 Å². The second-order valence-corrected chi connectivity index (χ2v) is 8.43. The third-order valence-electron chi connectivity index (χ3n) is 4.56. The average Bonchev–Trinajstić information content (AvgIpc) is 3.17. The standard InChI is InChI=1S/C18H28N2O5S.ClH/c1-4-10-20(14-7-9-19-13-14)18(21)8-11-26(22,23)15-5-6-16(24-2)17(12-15)25-3;/h5-6,12,14,19H,4,7-11,13H2,1-3H3;1H. The topological polar surface area (TPSA) is 84.9 Å². The summed E-state index contributed by atoms with van der Waals surface area (Å²) >= 11 is 0. The summed E-state index contributed by atoms with van der Waals surface area (Å²) in [7, 11) is -0.638.